The van der Waals surface area contributed by atoms with Gasteiger partial charge in [0.1, 0.15) is 0 Å². The summed E-state index contributed by atoms with van der Waals surface area (Å²) in [6.07, 6.45) is 1.21. The van der Waals surface area contributed by atoms with Crippen LogP contribution < -0.4 is 5.32 Å². The van der Waals surface area contributed by atoms with Gasteiger partial charge in [-0.25, -0.2) is 0 Å². The van der Waals surface area contributed by atoms with Gasteiger partial charge in [-0.3, -0.25) is 0 Å². The second-order valence-corrected chi connectivity index (χ2v) is 5.20. The molecular formula is C18H28Cl2N2. The van der Waals surface area contributed by atoms with E-state index in [0.717, 1.165) is 26.2 Å². The molecule has 4 heteroatoms. The highest BCUT2D eigenvalue weighted by molar-refractivity contribution is 5.86. The molecule has 2 aromatic rings. The topological polar surface area (TPSA) is 15.3 Å². The minimum Gasteiger partial charge on any atom is -0.313 e. The van der Waals surface area contributed by atoms with Crippen molar-refractivity contribution < 1.29 is 0 Å². The standard InChI is InChI=1S/C18H26N2.2ClH/c1-3-20(4-2)14-8-13-19-15-17-11-7-10-16-9-5-6-12-18(16)17;;/h5-7,9-12,19H,3-4,8,13-15H2,1-2H3;2*1H. The summed E-state index contributed by atoms with van der Waals surface area (Å²) in [4.78, 5) is 2.47. The van der Waals surface area contributed by atoms with Gasteiger partial charge >= 0.3 is 0 Å². The van der Waals surface area contributed by atoms with Crippen molar-refractivity contribution in [3.63, 3.8) is 0 Å². The molecule has 22 heavy (non-hydrogen) atoms. The van der Waals surface area contributed by atoms with Crippen LogP contribution in [0.2, 0.25) is 0 Å². The monoisotopic (exact) mass is 342 g/mol. The Balaban J connectivity index is 0.00000220. The summed E-state index contributed by atoms with van der Waals surface area (Å²) in [6, 6.07) is 15.2. The van der Waals surface area contributed by atoms with Crippen molar-refractivity contribution >= 4 is 35.6 Å². The van der Waals surface area contributed by atoms with Crippen LogP contribution >= 0.6 is 24.8 Å². The van der Waals surface area contributed by atoms with Crippen molar-refractivity contribution in [2.24, 2.45) is 0 Å². The van der Waals surface area contributed by atoms with Gasteiger partial charge in [0, 0.05) is 6.54 Å². The first-order chi connectivity index (χ1) is 9.85. The summed E-state index contributed by atoms with van der Waals surface area (Å²) in [7, 11) is 0. The highest BCUT2D eigenvalue weighted by Gasteiger charge is 2.00. The lowest BCUT2D eigenvalue weighted by Gasteiger charge is -2.17. The smallest absolute Gasteiger partial charge is 0.0211 e. The fourth-order valence-electron chi connectivity index (χ4n) is 2.64. The van der Waals surface area contributed by atoms with E-state index in [9.17, 15) is 0 Å². The fraction of sp³-hybridized carbons (Fsp3) is 0.444. The molecule has 2 nitrogen and oxygen atoms in total. The van der Waals surface area contributed by atoms with Gasteiger partial charge in [0.2, 0.25) is 0 Å². The van der Waals surface area contributed by atoms with Crippen LogP contribution in [-0.4, -0.2) is 31.1 Å². The van der Waals surface area contributed by atoms with Gasteiger partial charge in [0.15, 0.2) is 0 Å². The molecule has 0 aliphatic carbocycles. The van der Waals surface area contributed by atoms with Crippen molar-refractivity contribution in [3.05, 3.63) is 48.0 Å². The van der Waals surface area contributed by atoms with Gasteiger partial charge in [-0.1, -0.05) is 56.3 Å². The first kappa shape index (κ1) is 21.2. The summed E-state index contributed by atoms with van der Waals surface area (Å²) in [5.74, 6) is 0. The molecule has 0 unspecified atom stereocenters. The zero-order chi connectivity index (χ0) is 14.2. The second kappa shape index (κ2) is 11.7. The number of nitrogens with zero attached hydrogens (tertiary/aromatic N) is 1. The SMILES string of the molecule is CCN(CC)CCCNCc1cccc2ccccc12.Cl.Cl. The Hall–Kier alpha value is -0.800. The fourth-order valence-corrected chi connectivity index (χ4v) is 2.64. The van der Waals surface area contributed by atoms with Gasteiger partial charge < -0.3 is 10.2 Å². The largest absolute Gasteiger partial charge is 0.313 e. The average Bonchev–Trinajstić information content (AvgIpc) is 2.51. The van der Waals surface area contributed by atoms with Crippen LogP contribution in [0.25, 0.3) is 10.8 Å². The normalized spacial score (nSPS) is 10.3. The number of rotatable bonds is 8. The Labute approximate surface area is 147 Å². The molecule has 0 radical (unpaired) electrons. The minimum absolute atomic E-state index is 0. The molecule has 0 saturated carbocycles. The Morgan fingerprint density at radius 3 is 2.32 bits per heavy atom. The third-order valence-electron chi connectivity index (χ3n) is 3.92. The summed E-state index contributed by atoms with van der Waals surface area (Å²) in [5, 5.41) is 6.27. The van der Waals surface area contributed by atoms with E-state index < -0.39 is 0 Å². The molecule has 0 atom stereocenters. The summed E-state index contributed by atoms with van der Waals surface area (Å²) in [6.45, 7) is 9.99. The molecular weight excluding hydrogens is 315 g/mol. The lowest BCUT2D eigenvalue weighted by molar-refractivity contribution is 0.298. The molecule has 0 heterocycles. The van der Waals surface area contributed by atoms with Crippen molar-refractivity contribution in [1.29, 1.82) is 0 Å². The molecule has 124 valence electrons. The number of hydrogen-bond acceptors (Lipinski definition) is 2. The molecule has 0 aliphatic rings. The lowest BCUT2D eigenvalue weighted by atomic mass is 10.0. The van der Waals surface area contributed by atoms with Gasteiger partial charge in [-0.15, -0.1) is 24.8 Å². The Kier molecular flexibility index (Phi) is 11.3. The van der Waals surface area contributed by atoms with Crippen LogP contribution in [0.15, 0.2) is 42.5 Å². The highest BCUT2D eigenvalue weighted by atomic mass is 35.5. The van der Waals surface area contributed by atoms with E-state index in [2.05, 4.69) is 66.5 Å². The zero-order valence-electron chi connectivity index (χ0n) is 13.5. The molecule has 0 aliphatic heterocycles. The first-order valence-electron chi connectivity index (χ1n) is 7.74. The zero-order valence-corrected chi connectivity index (χ0v) is 15.2. The molecule has 2 aromatic carbocycles. The summed E-state index contributed by atoms with van der Waals surface area (Å²) >= 11 is 0. The van der Waals surface area contributed by atoms with E-state index in [1.807, 2.05) is 0 Å². The van der Waals surface area contributed by atoms with Crippen LogP contribution in [0.3, 0.4) is 0 Å². The Morgan fingerprint density at radius 1 is 0.909 bits per heavy atom. The van der Waals surface area contributed by atoms with Gasteiger partial charge in [0.05, 0.1) is 0 Å². The maximum absolute atomic E-state index is 3.57. The number of benzene rings is 2. The molecule has 0 amide bonds. The van der Waals surface area contributed by atoms with Crippen LogP contribution in [-0.2, 0) is 6.54 Å². The van der Waals surface area contributed by atoms with Crippen LogP contribution in [0, 0.1) is 0 Å². The predicted molar refractivity (Wildman–Crippen MR) is 103 cm³/mol. The van der Waals surface area contributed by atoms with E-state index in [1.54, 1.807) is 0 Å². The van der Waals surface area contributed by atoms with Crippen molar-refractivity contribution in [2.75, 3.05) is 26.2 Å². The maximum atomic E-state index is 3.57. The van der Waals surface area contributed by atoms with E-state index in [0.29, 0.717) is 0 Å². The third kappa shape index (κ3) is 6.13. The van der Waals surface area contributed by atoms with Gasteiger partial charge in [-0.2, -0.15) is 0 Å². The first-order valence-corrected chi connectivity index (χ1v) is 7.74. The lowest BCUT2D eigenvalue weighted by Crippen LogP contribution is -2.27. The highest BCUT2D eigenvalue weighted by Crippen LogP contribution is 2.18. The van der Waals surface area contributed by atoms with Gasteiger partial charge in [0.25, 0.3) is 0 Å². The Morgan fingerprint density at radius 2 is 1.59 bits per heavy atom. The van der Waals surface area contributed by atoms with Crippen molar-refractivity contribution in [1.82, 2.24) is 10.2 Å². The van der Waals surface area contributed by atoms with E-state index in [-0.39, 0.29) is 24.8 Å². The van der Waals surface area contributed by atoms with Crippen LogP contribution in [0.5, 0.6) is 0 Å². The molecule has 1 N–H and O–H groups in total. The van der Waals surface area contributed by atoms with E-state index in [1.165, 1.54) is 29.3 Å². The quantitative estimate of drug-likeness (QED) is 0.710. The third-order valence-corrected chi connectivity index (χ3v) is 3.92. The molecule has 0 saturated heterocycles. The molecule has 0 bridgehead atoms. The van der Waals surface area contributed by atoms with Gasteiger partial charge in [-0.05, 0) is 48.9 Å². The second-order valence-electron chi connectivity index (χ2n) is 5.20. The predicted octanol–water partition coefficient (Wildman–Crippen LogP) is 4.50. The average molecular weight is 343 g/mol. The number of nitrogens with one attached hydrogen (secondary N) is 1. The number of hydrogen-bond donors (Lipinski definition) is 1. The van der Waals surface area contributed by atoms with E-state index >= 15 is 0 Å². The van der Waals surface area contributed by atoms with Crippen LogP contribution in [0.1, 0.15) is 25.8 Å². The number of fused-ring (bicyclic) bond motifs is 1. The van der Waals surface area contributed by atoms with Crippen LogP contribution in [0.4, 0.5) is 0 Å². The molecule has 0 fully saturated rings. The molecule has 0 spiro atoms. The Bertz CT molecular complexity index is 522. The maximum Gasteiger partial charge on any atom is 0.0211 e. The van der Waals surface area contributed by atoms with Crippen molar-refractivity contribution in [2.45, 2.75) is 26.8 Å². The van der Waals surface area contributed by atoms with E-state index in [4.69, 9.17) is 0 Å². The number of halogens is 2. The summed E-state index contributed by atoms with van der Waals surface area (Å²) in [5.41, 5.74) is 1.39. The molecule has 0 aromatic heterocycles. The summed E-state index contributed by atoms with van der Waals surface area (Å²) < 4.78 is 0. The minimum atomic E-state index is 0. The molecule has 2 rings (SSSR count). The van der Waals surface area contributed by atoms with Crippen molar-refractivity contribution in [3.8, 4) is 0 Å².